The number of aryl methyl sites for hydroxylation is 1. The van der Waals surface area contributed by atoms with E-state index in [0.29, 0.717) is 17.7 Å². The Hall–Kier alpha value is -2.82. The maximum atomic E-state index is 12.6. The molecule has 0 aromatic heterocycles. The van der Waals surface area contributed by atoms with Gasteiger partial charge in [0.15, 0.2) is 0 Å². The summed E-state index contributed by atoms with van der Waals surface area (Å²) in [6, 6.07) is 10.9. The van der Waals surface area contributed by atoms with Gasteiger partial charge < -0.3 is 4.74 Å². The van der Waals surface area contributed by atoms with E-state index in [1.54, 1.807) is 25.2 Å². The van der Waals surface area contributed by atoms with E-state index in [4.69, 9.17) is 4.74 Å². The molecule has 25 heavy (non-hydrogen) atoms. The Kier molecular flexibility index (Phi) is 4.74. The van der Waals surface area contributed by atoms with Gasteiger partial charge in [-0.25, -0.2) is 0 Å². The van der Waals surface area contributed by atoms with Crippen LogP contribution in [0.5, 0.6) is 5.75 Å². The molecular formula is C20H22N2O3. The van der Waals surface area contributed by atoms with Crippen LogP contribution >= 0.6 is 0 Å². The monoisotopic (exact) mass is 338 g/mol. The lowest BCUT2D eigenvalue weighted by Gasteiger charge is -2.22. The van der Waals surface area contributed by atoms with Crippen LogP contribution in [-0.4, -0.2) is 30.5 Å². The van der Waals surface area contributed by atoms with Gasteiger partial charge in [0, 0.05) is 18.2 Å². The van der Waals surface area contributed by atoms with Crippen molar-refractivity contribution in [2.24, 2.45) is 0 Å². The van der Waals surface area contributed by atoms with Crippen LogP contribution in [0.2, 0.25) is 0 Å². The van der Waals surface area contributed by atoms with Crippen molar-refractivity contribution in [3.05, 3.63) is 64.2 Å². The summed E-state index contributed by atoms with van der Waals surface area (Å²) in [6.07, 6.45) is 1.85. The van der Waals surface area contributed by atoms with E-state index in [2.05, 4.69) is 5.43 Å². The normalized spacial score (nSPS) is 12.8. The fraction of sp³-hybridized carbons (Fsp3) is 0.300. The molecule has 5 heteroatoms. The maximum absolute atomic E-state index is 12.6. The third-order valence-corrected chi connectivity index (χ3v) is 4.47. The van der Waals surface area contributed by atoms with Crippen molar-refractivity contribution >= 4 is 11.8 Å². The van der Waals surface area contributed by atoms with Crippen LogP contribution in [0, 0.1) is 13.8 Å². The Morgan fingerprint density at radius 1 is 1.16 bits per heavy atom. The highest BCUT2D eigenvalue weighted by molar-refractivity contribution is 6.00. The number of ether oxygens (including phenoxy) is 1. The first-order valence-electron chi connectivity index (χ1n) is 8.38. The van der Waals surface area contributed by atoms with Gasteiger partial charge in [0.05, 0.1) is 6.61 Å². The minimum atomic E-state index is -0.297. The first-order valence-corrected chi connectivity index (χ1v) is 8.38. The van der Waals surface area contributed by atoms with Crippen molar-refractivity contribution < 1.29 is 14.3 Å². The average Bonchev–Trinajstić information content (AvgIpc) is 2.61. The number of hydrazine groups is 1. The van der Waals surface area contributed by atoms with Crippen molar-refractivity contribution in [1.29, 1.82) is 0 Å². The van der Waals surface area contributed by atoms with Crippen molar-refractivity contribution in [3.63, 3.8) is 0 Å². The van der Waals surface area contributed by atoms with Crippen LogP contribution in [0.3, 0.4) is 0 Å². The highest BCUT2D eigenvalue weighted by Gasteiger charge is 2.20. The molecule has 1 N–H and O–H groups in total. The molecule has 0 unspecified atom stereocenters. The zero-order chi connectivity index (χ0) is 18.0. The maximum Gasteiger partial charge on any atom is 0.272 e. The Labute approximate surface area is 147 Å². The van der Waals surface area contributed by atoms with Gasteiger partial charge in [0.1, 0.15) is 5.75 Å². The van der Waals surface area contributed by atoms with Gasteiger partial charge in [-0.2, -0.15) is 0 Å². The van der Waals surface area contributed by atoms with Crippen molar-refractivity contribution in [1.82, 2.24) is 10.4 Å². The molecule has 3 rings (SSSR count). The van der Waals surface area contributed by atoms with Crippen LogP contribution in [0.25, 0.3) is 0 Å². The van der Waals surface area contributed by atoms with E-state index in [1.807, 2.05) is 32.0 Å². The van der Waals surface area contributed by atoms with E-state index in [1.165, 1.54) is 5.01 Å². The van der Waals surface area contributed by atoms with E-state index >= 15 is 0 Å². The number of amides is 2. The minimum absolute atomic E-state index is 0.254. The Balaban J connectivity index is 1.77. The van der Waals surface area contributed by atoms with Crippen LogP contribution < -0.4 is 10.2 Å². The lowest BCUT2D eigenvalue weighted by molar-refractivity contribution is 0.0636. The lowest BCUT2D eigenvalue weighted by Crippen LogP contribution is -2.43. The number of fused-ring (bicyclic) bond motifs is 1. The van der Waals surface area contributed by atoms with Crippen LogP contribution in [0.4, 0.5) is 0 Å². The van der Waals surface area contributed by atoms with E-state index in [9.17, 15) is 9.59 Å². The van der Waals surface area contributed by atoms with Gasteiger partial charge in [-0.05, 0) is 62.1 Å². The number of benzene rings is 2. The summed E-state index contributed by atoms with van der Waals surface area (Å²) < 4.78 is 5.63. The molecule has 0 spiro atoms. The highest BCUT2D eigenvalue weighted by atomic mass is 16.5. The molecule has 0 radical (unpaired) electrons. The van der Waals surface area contributed by atoms with Gasteiger partial charge in [-0.15, -0.1) is 0 Å². The van der Waals surface area contributed by atoms with E-state index in [0.717, 1.165) is 35.3 Å². The number of hydrogen-bond acceptors (Lipinski definition) is 3. The van der Waals surface area contributed by atoms with Crippen LogP contribution in [0.1, 0.15) is 43.8 Å². The summed E-state index contributed by atoms with van der Waals surface area (Å²) in [4.78, 5) is 25.1. The third kappa shape index (κ3) is 3.50. The number of carbonyl (C=O) groups excluding carboxylic acids is 2. The molecule has 0 saturated heterocycles. The SMILES string of the molecule is Cc1cccc(C(=O)N(C)NC(=O)c2ccc3c(c2C)CCCO3)c1. The second-order valence-corrected chi connectivity index (χ2v) is 6.34. The van der Waals surface area contributed by atoms with Crippen molar-refractivity contribution in [2.75, 3.05) is 13.7 Å². The average molecular weight is 338 g/mol. The highest BCUT2D eigenvalue weighted by Crippen LogP contribution is 2.29. The Bertz CT molecular complexity index is 830. The fourth-order valence-electron chi connectivity index (χ4n) is 3.09. The molecule has 5 nitrogen and oxygen atoms in total. The molecule has 0 aliphatic carbocycles. The quantitative estimate of drug-likeness (QED) is 0.856. The molecule has 130 valence electrons. The second-order valence-electron chi connectivity index (χ2n) is 6.34. The van der Waals surface area contributed by atoms with Gasteiger partial charge in [-0.3, -0.25) is 20.0 Å². The van der Waals surface area contributed by atoms with Gasteiger partial charge in [-0.1, -0.05) is 17.7 Å². The zero-order valence-electron chi connectivity index (χ0n) is 14.8. The molecule has 0 bridgehead atoms. The summed E-state index contributed by atoms with van der Waals surface area (Å²) in [5.74, 6) is 0.301. The van der Waals surface area contributed by atoms with Crippen molar-refractivity contribution in [2.45, 2.75) is 26.7 Å². The third-order valence-electron chi connectivity index (χ3n) is 4.47. The molecule has 0 saturated carbocycles. The summed E-state index contributed by atoms with van der Waals surface area (Å²) in [5.41, 5.74) is 6.75. The predicted molar refractivity (Wildman–Crippen MR) is 95.7 cm³/mol. The molecule has 1 heterocycles. The van der Waals surface area contributed by atoms with E-state index in [-0.39, 0.29) is 11.8 Å². The predicted octanol–water partition coefficient (Wildman–Crippen LogP) is 3.05. The molecule has 0 atom stereocenters. The summed E-state index contributed by atoms with van der Waals surface area (Å²) >= 11 is 0. The number of nitrogens with one attached hydrogen (secondary N) is 1. The molecular weight excluding hydrogens is 316 g/mol. The zero-order valence-corrected chi connectivity index (χ0v) is 14.8. The fourth-order valence-corrected chi connectivity index (χ4v) is 3.09. The number of nitrogens with zero attached hydrogens (tertiary/aromatic N) is 1. The van der Waals surface area contributed by atoms with Gasteiger partial charge in [0.25, 0.3) is 11.8 Å². The summed E-state index contributed by atoms with van der Waals surface area (Å²) in [5, 5.41) is 1.23. The first kappa shape index (κ1) is 17.0. The Morgan fingerprint density at radius 3 is 2.72 bits per heavy atom. The topological polar surface area (TPSA) is 58.6 Å². The lowest BCUT2D eigenvalue weighted by atomic mass is 9.96. The standard InChI is InChI=1S/C20H22N2O3/c1-13-6-4-7-15(12-13)20(24)22(3)21-19(23)17-9-10-18-16(14(17)2)8-5-11-25-18/h4,6-7,9-10,12H,5,8,11H2,1-3H3,(H,21,23). The summed E-state index contributed by atoms with van der Waals surface area (Å²) in [6.45, 7) is 4.56. The molecule has 2 amide bonds. The number of rotatable bonds is 2. The Morgan fingerprint density at radius 2 is 1.96 bits per heavy atom. The van der Waals surface area contributed by atoms with Gasteiger partial charge >= 0.3 is 0 Å². The van der Waals surface area contributed by atoms with E-state index < -0.39 is 0 Å². The minimum Gasteiger partial charge on any atom is -0.493 e. The van der Waals surface area contributed by atoms with Gasteiger partial charge in [0.2, 0.25) is 0 Å². The van der Waals surface area contributed by atoms with Crippen LogP contribution in [0.15, 0.2) is 36.4 Å². The second kappa shape index (κ2) is 6.97. The molecule has 2 aromatic carbocycles. The largest absolute Gasteiger partial charge is 0.493 e. The number of carbonyl (C=O) groups is 2. The summed E-state index contributed by atoms with van der Waals surface area (Å²) in [7, 11) is 1.55. The van der Waals surface area contributed by atoms with Crippen molar-refractivity contribution in [3.8, 4) is 5.75 Å². The molecule has 2 aromatic rings. The molecule has 1 aliphatic rings. The first-order chi connectivity index (χ1) is 12.0. The molecule has 0 fully saturated rings. The number of hydrogen-bond donors (Lipinski definition) is 1. The molecule has 1 aliphatic heterocycles. The van der Waals surface area contributed by atoms with Crippen LogP contribution in [-0.2, 0) is 6.42 Å². The smallest absolute Gasteiger partial charge is 0.272 e.